The number of benzene rings is 3. The first-order valence-corrected chi connectivity index (χ1v) is 11.4. The van der Waals surface area contributed by atoms with Gasteiger partial charge in [-0.25, -0.2) is 13.2 Å². The molecule has 0 N–H and O–H groups in total. The summed E-state index contributed by atoms with van der Waals surface area (Å²) in [6.07, 6.45) is 4.78. The Labute approximate surface area is 178 Å². The van der Waals surface area contributed by atoms with Crippen molar-refractivity contribution < 1.29 is 17.7 Å². The molecule has 1 aliphatic carbocycles. The van der Waals surface area contributed by atoms with E-state index in [1.165, 1.54) is 36.4 Å². The predicted octanol–water partition coefficient (Wildman–Crippen LogP) is 6.48. The lowest BCUT2D eigenvalue weighted by Gasteiger charge is -2.41. The lowest BCUT2D eigenvalue weighted by atomic mass is 9.84. The van der Waals surface area contributed by atoms with Crippen LogP contribution in [0, 0.1) is 17.5 Å². The predicted molar refractivity (Wildman–Crippen MR) is 114 cm³/mol. The van der Waals surface area contributed by atoms with Gasteiger partial charge < -0.3 is 4.55 Å². The zero-order valence-electron chi connectivity index (χ0n) is 16.5. The molecule has 0 saturated heterocycles. The first kappa shape index (κ1) is 21.0. The second-order valence-electron chi connectivity index (χ2n) is 7.76. The van der Waals surface area contributed by atoms with Crippen molar-refractivity contribution in [2.75, 3.05) is 0 Å². The fourth-order valence-electron chi connectivity index (χ4n) is 4.43. The van der Waals surface area contributed by atoms with E-state index in [1.54, 1.807) is 36.4 Å². The van der Waals surface area contributed by atoms with Crippen molar-refractivity contribution in [2.45, 2.75) is 42.1 Å². The van der Waals surface area contributed by atoms with Crippen LogP contribution in [0.4, 0.5) is 13.2 Å². The van der Waals surface area contributed by atoms with Crippen molar-refractivity contribution in [3.05, 3.63) is 107 Å². The van der Waals surface area contributed by atoms with Crippen molar-refractivity contribution in [3.8, 4) is 0 Å². The van der Waals surface area contributed by atoms with E-state index >= 15 is 0 Å². The van der Waals surface area contributed by atoms with Crippen LogP contribution >= 0.6 is 0 Å². The molecule has 1 fully saturated rings. The van der Waals surface area contributed by atoms with Crippen LogP contribution in [0.5, 0.6) is 0 Å². The topological polar surface area (TPSA) is 23.1 Å². The van der Waals surface area contributed by atoms with Gasteiger partial charge in [0.15, 0.2) is 0 Å². The Morgan fingerprint density at radius 1 is 0.600 bits per heavy atom. The molecule has 1 saturated carbocycles. The van der Waals surface area contributed by atoms with Gasteiger partial charge >= 0.3 is 0 Å². The second kappa shape index (κ2) is 8.86. The van der Waals surface area contributed by atoms with E-state index in [1.807, 2.05) is 0 Å². The lowest BCUT2D eigenvalue weighted by Crippen LogP contribution is -2.45. The molecule has 1 unspecified atom stereocenters. The Hall–Kier alpha value is -2.24. The molecule has 30 heavy (non-hydrogen) atoms. The van der Waals surface area contributed by atoms with Gasteiger partial charge in [0.1, 0.15) is 22.7 Å². The fourth-order valence-corrected chi connectivity index (χ4v) is 6.80. The molecule has 0 spiro atoms. The summed E-state index contributed by atoms with van der Waals surface area (Å²) >= 11 is -1.44. The first-order chi connectivity index (χ1) is 14.5. The highest BCUT2D eigenvalue weighted by Crippen LogP contribution is 2.48. The van der Waals surface area contributed by atoms with Crippen LogP contribution in [0.1, 0.15) is 48.8 Å². The van der Waals surface area contributed by atoms with Crippen LogP contribution in [-0.4, -0.2) is 9.80 Å². The maximum absolute atomic E-state index is 14.3. The molecule has 3 aromatic carbocycles. The third-order valence-corrected chi connectivity index (χ3v) is 8.30. The molecule has 0 radical (unpaired) electrons. The van der Waals surface area contributed by atoms with E-state index in [0.717, 1.165) is 32.1 Å². The number of hydrogen-bond donors (Lipinski definition) is 0. The standard InChI is InChI=1S/C25H23F3OS/c26-21-12-6-18(7-13-21)25(19-8-14-22(27)15-9-19,20-10-16-23(28)17-11-20)30(29)24-4-2-1-3-5-24/h6-17,24H,1-5H2. The zero-order valence-corrected chi connectivity index (χ0v) is 17.3. The third-order valence-electron chi connectivity index (χ3n) is 5.91. The molecule has 1 aliphatic rings. The van der Waals surface area contributed by atoms with E-state index in [9.17, 15) is 17.7 Å². The van der Waals surface area contributed by atoms with Gasteiger partial charge in [0.05, 0.1) is 0 Å². The SMILES string of the molecule is [O-][S+](C1CCCCC1)C(c1ccc(F)cc1)(c1ccc(F)cc1)c1ccc(F)cc1. The van der Waals surface area contributed by atoms with Crippen molar-refractivity contribution >= 4 is 11.2 Å². The van der Waals surface area contributed by atoms with Crippen LogP contribution in [0.15, 0.2) is 72.8 Å². The molecule has 3 aromatic rings. The largest absolute Gasteiger partial charge is 0.615 e. The van der Waals surface area contributed by atoms with Gasteiger partial charge in [0.25, 0.3) is 0 Å². The summed E-state index contributed by atoms with van der Waals surface area (Å²) in [5, 5.41) is -0.0566. The van der Waals surface area contributed by atoms with Gasteiger partial charge in [-0.05, 0) is 73.3 Å². The molecular weight excluding hydrogens is 405 g/mol. The van der Waals surface area contributed by atoms with Crippen molar-refractivity contribution in [2.24, 2.45) is 0 Å². The molecule has 0 aliphatic heterocycles. The summed E-state index contributed by atoms with van der Waals surface area (Å²) in [4.78, 5) is 0. The lowest BCUT2D eigenvalue weighted by molar-refractivity contribution is 0.473. The van der Waals surface area contributed by atoms with Gasteiger partial charge in [-0.3, -0.25) is 0 Å². The van der Waals surface area contributed by atoms with Crippen LogP contribution in [0.3, 0.4) is 0 Å². The number of rotatable bonds is 5. The van der Waals surface area contributed by atoms with Gasteiger partial charge in [0.2, 0.25) is 4.75 Å². The summed E-state index contributed by atoms with van der Waals surface area (Å²) in [6, 6.07) is 17.8. The minimum atomic E-state index is -1.44. The Kier molecular flexibility index (Phi) is 6.21. The Morgan fingerprint density at radius 2 is 0.933 bits per heavy atom. The Morgan fingerprint density at radius 3 is 1.27 bits per heavy atom. The minimum Gasteiger partial charge on any atom is -0.615 e. The third kappa shape index (κ3) is 3.88. The summed E-state index contributed by atoms with van der Waals surface area (Å²) in [6.45, 7) is 0. The summed E-state index contributed by atoms with van der Waals surface area (Å²) in [5.41, 5.74) is 1.93. The zero-order chi connectivity index (χ0) is 21.1. The van der Waals surface area contributed by atoms with Crippen LogP contribution in [0.2, 0.25) is 0 Å². The van der Waals surface area contributed by atoms with Gasteiger partial charge in [-0.15, -0.1) is 0 Å². The molecule has 0 bridgehead atoms. The van der Waals surface area contributed by atoms with Crippen LogP contribution in [0.25, 0.3) is 0 Å². The van der Waals surface area contributed by atoms with E-state index in [4.69, 9.17) is 0 Å². The van der Waals surface area contributed by atoms with E-state index in [2.05, 4.69) is 0 Å². The highest BCUT2D eigenvalue weighted by Gasteiger charge is 2.51. The molecule has 156 valence electrons. The van der Waals surface area contributed by atoms with Crippen molar-refractivity contribution in [1.82, 2.24) is 0 Å². The number of hydrogen-bond acceptors (Lipinski definition) is 1. The fraction of sp³-hybridized carbons (Fsp3) is 0.280. The highest BCUT2D eigenvalue weighted by molar-refractivity contribution is 7.93. The van der Waals surface area contributed by atoms with Gasteiger partial charge in [-0.2, -0.15) is 0 Å². The molecule has 4 rings (SSSR count). The molecule has 1 nitrogen and oxygen atoms in total. The Bertz CT molecular complexity index is 854. The van der Waals surface area contributed by atoms with E-state index in [-0.39, 0.29) is 5.25 Å². The molecule has 5 heteroatoms. The summed E-state index contributed by atoms with van der Waals surface area (Å²) in [5.74, 6) is -1.18. The minimum absolute atomic E-state index is 0.0566. The van der Waals surface area contributed by atoms with Gasteiger partial charge in [0, 0.05) is 16.7 Å². The number of halogens is 3. The van der Waals surface area contributed by atoms with Crippen molar-refractivity contribution in [3.63, 3.8) is 0 Å². The highest BCUT2D eigenvalue weighted by atomic mass is 32.2. The Balaban J connectivity index is 1.99. The van der Waals surface area contributed by atoms with Crippen molar-refractivity contribution in [1.29, 1.82) is 0 Å². The van der Waals surface area contributed by atoms with Crippen LogP contribution in [-0.2, 0) is 15.9 Å². The molecule has 0 heterocycles. The molecule has 0 aromatic heterocycles. The average molecular weight is 429 g/mol. The van der Waals surface area contributed by atoms with Gasteiger partial charge in [-0.1, -0.05) is 42.8 Å². The molecule has 0 amide bonds. The summed E-state index contributed by atoms with van der Waals surface area (Å²) < 4.78 is 54.4. The second-order valence-corrected chi connectivity index (χ2v) is 9.63. The van der Waals surface area contributed by atoms with E-state index < -0.39 is 33.4 Å². The van der Waals surface area contributed by atoms with E-state index in [0.29, 0.717) is 16.7 Å². The quantitative estimate of drug-likeness (QED) is 0.337. The maximum atomic E-state index is 14.3. The first-order valence-electron chi connectivity index (χ1n) is 10.2. The summed E-state index contributed by atoms with van der Waals surface area (Å²) in [7, 11) is 0. The molecular formula is C25H23F3OS. The average Bonchev–Trinajstić information content (AvgIpc) is 2.78. The monoisotopic (exact) mass is 428 g/mol. The van der Waals surface area contributed by atoms with Crippen LogP contribution < -0.4 is 0 Å². The normalized spacial score (nSPS) is 16.4. The smallest absolute Gasteiger partial charge is 0.200 e. The molecule has 1 atom stereocenters. The maximum Gasteiger partial charge on any atom is 0.200 e.